The van der Waals surface area contributed by atoms with Crippen molar-refractivity contribution in [2.45, 2.75) is 96.1 Å². The fourth-order valence-electron chi connectivity index (χ4n) is 8.56. The van der Waals surface area contributed by atoms with Gasteiger partial charge in [-0.3, -0.25) is 24.2 Å². The van der Waals surface area contributed by atoms with Crippen LogP contribution in [-0.2, 0) is 33.3 Å². The van der Waals surface area contributed by atoms with Gasteiger partial charge in [0.15, 0.2) is 0 Å². The van der Waals surface area contributed by atoms with E-state index in [-0.39, 0.29) is 71.1 Å². The van der Waals surface area contributed by atoms with Crippen LogP contribution < -0.4 is 5.26 Å². The lowest BCUT2D eigenvalue weighted by Crippen LogP contribution is -2.60. The lowest BCUT2D eigenvalue weighted by atomic mass is 9.44. The number of esters is 1. The van der Waals surface area contributed by atoms with Crippen molar-refractivity contribution >= 4 is 35.4 Å². The van der Waals surface area contributed by atoms with E-state index in [1.54, 1.807) is 6.92 Å². The second kappa shape index (κ2) is 11.5. The van der Waals surface area contributed by atoms with Gasteiger partial charge in [0.05, 0.1) is 0 Å². The molecule has 0 aromatic rings. The van der Waals surface area contributed by atoms with Gasteiger partial charge in [-0.1, -0.05) is 20.8 Å². The lowest BCUT2D eigenvalue weighted by Gasteiger charge is -2.58. The molecule has 0 saturated heterocycles. The molecule has 14 heteroatoms. The van der Waals surface area contributed by atoms with Crippen LogP contribution in [0.5, 0.6) is 0 Å². The first-order valence-corrected chi connectivity index (χ1v) is 14.6. The molecule has 232 valence electrons. The van der Waals surface area contributed by atoms with E-state index in [2.05, 4.69) is 21.0 Å². The molecule has 0 aliphatic heterocycles. The first-order chi connectivity index (χ1) is 19.0. The Balaban J connectivity index is 1.44. The average molecular weight is 614 g/mol. The first-order valence-electron chi connectivity index (χ1n) is 13.8. The van der Waals surface area contributed by atoms with Gasteiger partial charge in [-0.25, -0.2) is 0 Å². The molecule has 0 N–H and O–H groups in total. The summed E-state index contributed by atoms with van der Waals surface area (Å²) in [5.41, 5.74) is -1.15. The van der Waals surface area contributed by atoms with Crippen molar-refractivity contribution in [3.8, 4) is 0 Å². The number of Topliss-reactive ketones (excluding diaryl/α,β-unsaturated/α-hetero) is 3. The summed E-state index contributed by atoms with van der Waals surface area (Å²) in [6.45, 7) is 5.69. The van der Waals surface area contributed by atoms with Crippen LogP contribution in [0.1, 0.15) is 78.6 Å². The third kappa shape index (κ3) is 5.82. The maximum Gasteiger partial charge on any atom is 0.432 e. The predicted octanol–water partition coefficient (Wildman–Crippen LogP) is 4.93. The molecular formula is C27H34F5O8S-. The molecule has 0 radical (unpaired) electrons. The normalized spacial score (nSPS) is 37.2. The van der Waals surface area contributed by atoms with Gasteiger partial charge in [0.25, 0.3) is 6.10 Å². The van der Waals surface area contributed by atoms with E-state index in [4.69, 9.17) is 0 Å². The summed E-state index contributed by atoms with van der Waals surface area (Å²) >= 11 is -1.22. The second-order valence-electron chi connectivity index (χ2n) is 12.7. The molecule has 4 aliphatic rings. The highest BCUT2D eigenvalue weighted by Gasteiger charge is 2.66. The molecule has 4 fully saturated rings. The maximum absolute atomic E-state index is 13.9. The Hall–Kier alpha value is -1.64. The van der Waals surface area contributed by atoms with Crippen LogP contribution in [0, 0.1) is 46.3 Å². The molecule has 0 aromatic heterocycles. The number of hydrogen-bond donors (Lipinski definition) is 0. The van der Waals surface area contributed by atoms with Gasteiger partial charge >= 0.3 is 17.4 Å². The van der Waals surface area contributed by atoms with Crippen molar-refractivity contribution in [3.63, 3.8) is 0 Å². The molecule has 0 bridgehead atoms. The smallest absolute Gasteiger partial charge is 0.432 e. The van der Waals surface area contributed by atoms with Crippen LogP contribution in [-0.4, -0.2) is 40.9 Å². The van der Waals surface area contributed by atoms with Crippen LogP contribution in [0.4, 0.5) is 22.0 Å². The van der Waals surface area contributed by atoms with Crippen LogP contribution in [0.15, 0.2) is 0 Å². The SMILES string of the molecule is CC(CCC(=O)OC(C(F)(F)F)C(F)(F)SOO[O-])[C@H]1CC[C@H]2[C@@H]3C(=O)C[C@@H]4CC(=O)CC[C@]4(C)[C@H]3CC(=O)[C@]12C. The fourth-order valence-corrected chi connectivity index (χ4v) is 8.94. The minimum Gasteiger partial charge on any atom is -0.691 e. The van der Waals surface area contributed by atoms with Crippen LogP contribution in [0.3, 0.4) is 0 Å². The molecule has 0 aromatic carbocycles. The number of ketones is 3. The molecule has 9 atom stereocenters. The van der Waals surface area contributed by atoms with Crippen LogP contribution in [0.2, 0.25) is 0 Å². The Kier molecular flexibility index (Phi) is 9.02. The van der Waals surface area contributed by atoms with Gasteiger partial charge in [-0.15, -0.1) is 0 Å². The van der Waals surface area contributed by atoms with Crippen LogP contribution >= 0.6 is 12.0 Å². The average Bonchev–Trinajstić information content (AvgIpc) is 3.24. The van der Waals surface area contributed by atoms with E-state index >= 15 is 0 Å². The van der Waals surface area contributed by atoms with Crippen molar-refractivity contribution in [1.29, 1.82) is 0 Å². The molecule has 4 saturated carbocycles. The van der Waals surface area contributed by atoms with Crippen molar-refractivity contribution in [2.75, 3.05) is 0 Å². The number of carbonyl (C=O) groups excluding carboxylic acids is 4. The summed E-state index contributed by atoms with van der Waals surface area (Å²) in [6, 6.07) is 0. The minimum atomic E-state index is -5.66. The molecule has 4 rings (SSSR count). The molecule has 0 heterocycles. The standard InChI is InChI=1S/C27H35F5O8S/c1-13(4-7-21(36)38-23(26(28,29)30)27(31,32)41-40-39-37)16-5-6-17-22-18(12-20(35)25(16,17)3)24(2)9-8-15(33)10-14(24)11-19(22)34/h13-14,16-18,22-23,37H,4-12H2,1-3H3/p-1/t13?,14-,16+,17-,18-,22-,23?,24-,25+/m0/s1. The number of halogens is 5. The molecule has 4 aliphatic carbocycles. The zero-order chi connectivity index (χ0) is 30.5. The Morgan fingerprint density at radius 1 is 1.07 bits per heavy atom. The van der Waals surface area contributed by atoms with E-state index in [0.717, 1.165) is 0 Å². The molecule has 0 spiro atoms. The van der Waals surface area contributed by atoms with E-state index in [1.165, 1.54) is 0 Å². The highest BCUT2D eigenvalue weighted by molar-refractivity contribution is 7.95. The van der Waals surface area contributed by atoms with Gasteiger partial charge in [0, 0.05) is 43.4 Å². The monoisotopic (exact) mass is 613 g/mol. The minimum absolute atomic E-state index is 0.0154. The largest absolute Gasteiger partial charge is 0.691 e. The number of carbonyl (C=O) groups is 4. The van der Waals surface area contributed by atoms with Gasteiger partial charge in [0.1, 0.15) is 29.4 Å². The first kappa shape index (κ1) is 32.3. The van der Waals surface area contributed by atoms with Crippen molar-refractivity contribution in [2.24, 2.45) is 46.3 Å². The van der Waals surface area contributed by atoms with E-state index in [0.29, 0.717) is 38.5 Å². The number of ether oxygens (including phenoxy) is 1. The lowest BCUT2D eigenvalue weighted by molar-refractivity contribution is -0.777. The zero-order valence-electron chi connectivity index (χ0n) is 23.0. The highest BCUT2D eigenvalue weighted by atomic mass is 32.2. The molecule has 41 heavy (non-hydrogen) atoms. The fraction of sp³-hybridized carbons (Fsp3) is 0.852. The molecule has 0 amide bonds. The van der Waals surface area contributed by atoms with Gasteiger partial charge in [-0.05, 0) is 60.7 Å². The Morgan fingerprint density at radius 2 is 1.76 bits per heavy atom. The molecular weight excluding hydrogens is 579 g/mol. The van der Waals surface area contributed by atoms with Crippen molar-refractivity contribution in [1.82, 2.24) is 0 Å². The van der Waals surface area contributed by atoms with Gasteiger partial charge in [0.2, 0.25) is 0 Å². The highest BCUT2D eigenvalue weighted by Crippen LogP contribution is 2.66. The number of fused-ring (bicyclic) bond motifs is 5. The number of hydrogen-bond acceptors (Lipinski definition) is 9. The van der Waals surface area contributed by atoms with Crippen molar-refractivity contribution in [3.05, 3.63) is 0 Å². The third-order valence-electron chi connectivity index (χ3n) is 10.7. The quantitative estimate of drug-likeness (QED) is 0.117. The summed E-state index contributed by atoms with van der Waals surface area (Å²) in [4.78, 5) is 51.7. The maximum atomic E-state index is 13.9. The predicted molar refractivity (Wildman–Crippen MR) is 130 cm³/mol. The topological polar surface area (TPSA) is 119 Å². The summed E-state index contributed by atoms with van der Waals surface area (Å²) in [6.07, 6.45) is -7.01. The molecule has 8 nitrogen and oxygen atoms in total. The summed E-state index contributed by atoms with van der Waals surface area (Å²) < 4.78 is 74.9. The molecule has 2 unspecified atom stereocenters. The Morgan fingerprint density at radius 3 is 2.39 bits per heavy atom. The van der Waals surface area contributed by atoms with Crippen molar-refractivity contribution < 1.29 is 60.5 Å². The summed E-state index contributed by atoms with van der Waals surface area (Å²) in [5, 5.41) is 7.62. The zero-order valence-corrected chi connectivity index (χ0v) is 23.8. The van der Waals surface area contributed by atoms with Gasteiger partial charge < -0.3 is 9.99 Å². The van der Waals surface area contributed by atoms with Crippen LogP contribution in [0.25, 0.3) is 0 Å². The summed E-state index contributed by atoms with van der Waals surface area (Å²) in [5.74, 6) is -2.65. The Bertz CT molecular complexity index is 1070. The van der Waals surface area contributed by atoms with E-state index in [9.17, 15) is 46.4 Å². The number of rotatable bonds is 9. The van der Waals surface area contributed by atoms with Gasteiger partial charge in [-0.2, -0.15) is 26.3 Å². The van der Waals surface area contributed by atoms with E-state index < -0.39 is 47.4 Å². The van der Waals surface area contributed by atoms with E-state index in [1.807, 2.05) is 6.92 Å². The summed E-state index contributed by atoms with van der Waals surface area (Å²) in [7, 11) is 0. The third-order valence-corrected chi connectivity index (χ3v) is 11.3. The number of alkyl halides is 5. The Labute approximate surface area is 238 Å². The second-order valence-corrected chi connectivity index (χ2v) is 13.5.